The van der Waals surface area contributed by atoms with E-state index in [1.807, 2.05) is 12.1 Å². The summed E-state index contributed by atoms with van der Waals surface area (Å²) in [6.45, 7) is 0. The monoisotopic (exact) mass is 279 g/mol. The minimum atomic E-state index is 0.425. The lowest BCUT2D eigenvalue weighted by molar-refractivity contribution is 0.415. The molecule has 2 saturated carbocycles. The molecule has 2 fully saturated rings. The standard InChI is InChI=1S/C14H18ClN3O/c1-19-13-5-4-9(6-11(13)15)17-14(16)18-12-7-10(12)8-2-3-8/h4-6,8,10,12H,2-3,7H2,1H3,(H3,16,17,18)/t10-,12+/m0/s1. The topological polar surface area (TPSA) is 59.6 Å². The number of nitrogens with one attached hydrogen (secondary N) is 1. The zero-order valence-electron chi connectivity index (χ0n) is 10.9. The number of nitrogens with two attached hydrogens (primary N) is 1. The zero-order valence-corrected chi connectivity index (χ0v) is 11.7. The number of hydrogen-bond donors (Lipinski definition) is 2. The first-order chi connectivity index (χ1) is 9.17. The fourth-order valence-corrected chi connectivity index (χ4v) is 2.74. The van der Waals surface area contributed by atoms with Crippen LogP contribution in [0.15, 0.2) is 23.2 Å². The minimum absolute atomic E-state index is 0.425. The summed E-state index contributed by atoms with van der Waals surface area (Å²) in [7, 11) is 1.59. The predicted octanol–water partition coefficient (Wildman–Crippen LogP) is 2.87. The highest BCUT2D eigenvalue weighted by atomic mass is 35.5. The summed E-state index contributed by atoms with van der Waals surface area (Å²) in [5.41, 5.74) is 6.74. The molecular formula is C14H18ClN3O. The van der Waals surface area contributed by atoms with Gasteiger partial charge in [0.1, 0.15) is 5.75 Å². The van der Waals surface area contributed by atoms with Crippen LogP contribution in [0.1, 0.15) is 19.3 Å². The Morgan fingerprint density at radius 3 is 2.89 bits per heavy atom. The molecule has 0 spiro atoms. The number of aliphatic imine (C=N–C) groups is 1. The summed E-state index contributed by atoms with van der Waals surface area (Å²) in [5.74, 6) is 2.81. The number of halogens is 1. The van der Waals surface area contributed by atoms with Crippen LogP contribution < -0.4 is 15.8 Å². The van der Waals surface area contributed by atoms with Gasteiger partial charge < -0.3 is 15.8 Å². The number of benzene rings is 1. The first-order valence-corrected chi connectivity index (χ1v) is 6.99. The van der Waals surface area contributed by atoms with Crippen molar-refractivity contribution < 1.29 is 4.74 Å². The van der Waals surface area contributed by atoms with Crippen molar-refractivity contribution in [1.29, 1.82) is 0 Å². The average molecular weight is 280 g/mol. The number of rotatable bonds is 4. The molecule has 4 nitrogen and oxygen atoms in total. The van der Waals surface area contributed by atoms with Gasteiger partial charge in [-0.25, -0.2) is 4.99 Å². The van der Waals surface area contributed by atoms with Crippen LogP contribution in [0.25, 0.3) is 0 Å². The third-order valence-corrected chi connectivity index (χ3v) is 4.06. The normalized spacial score (nSPS) is 26.1. The van der Waals surface area contributed by atoms with Gasteiger partial charge in [-0.05, 0) is 49.3 Å². The van der Waals surface area contributed by atoms with Crippen molar-refractivity contribution in [2.24, 2.45) is 22.6 Å². The lowest BCUT2D eigenvalue weighted by Gasteiger charge is -2.08. The lowest BCUT2D eigenvalue weighted by Crippen LogP contribution is -2.23. The molecule has 0 saturated heterocycles. The summed E-state index contributed by atoms with van der Waals surface area (Å²) in [4.78, 5) is 4.51. The molecule has 0 aliphatic heterocycles. The molecule has 2 aliphatic carbocycles. The third kappa shape index (κ3) is 2.95. The smallest absolute Gasteiger partial charge is 0.193 e. The van der Waals surface area contributed by atoms with Gasteiger partial charge in [-0.2, -0.15) is 0 Å². The maximum absolute atomic E-state index is 6.06. The maximum Gasteiger partial charge on any atom is 0.193 e. The van der Waals surface area contributed by atoms with E-state index in [0.29, 0.717) is 22.8 Å². The largest absolute Gasteiger partial charge is 0.495 e. The molecule has 0 unspecified atom stereocenters. The summed E-state index contributed by atoms with van der Waals surface area (Å²) < 4.78 is 5.11. The molecule has 0 heterocycles. The van der Waals surface area contributed by atoms with Crippen LogP contribution in [-0.4, -0.2) is 19.1 Å². The van der Waals surface area contributed by atoms with E-state index in [1.54, 1.807) is 13.2 Å². The molecule has 3 N–H and O–H groups in total. The SMILES string of the molecule is COc1ccc(NC(N)=N[C@@H]2C[C@H]2C2CC2)cc1Cl. The van der Waals surface area contributed by atoms with Gasteiger partial charge in [0.15, 0.2) is 5.96 Å². The molecular weight excluding hydrogens is 262 g/mol. The maximum atomic E-state index is 6.06. The van der Waals surface area contributed by atoms with Gasteiger partial charge >= 0.3 is 0 Å². The van der Waals surface area contributed by atoms with E-state index in [9.17, 15) is 0 Å². The van der Waals surface area contributed by atoms with Crippen molar-refractivity contribution in [3.8, 4) is 5.75 Å². The molecule has 3 rings (SSSR count). The second-order valence-corrected chi connectivity index (χ2v) is 5.70. The van der Waals surface area contributed by atoms with Gasteiger partial charge in [0.05, 0.1) is 18.2 Å². The second-order valence-electron chi connectivity index (χ2n) is 5.29. The number of nitrogens with zero attached hydrogens (tertiary/aromatic N) is 1. The quantitative estimate of drug-likeness (QED) is 0.658. The van der Waals surface area contributed by atoms with Crippen LogP contribution in [0.5, 0.6) is 5.75 Å². The van der Waals surface area contributed by atoms with Crippen LogP contribution in [0.2, 0.25) is 5.02 Å². The van der Waals surface area contributed by atoms with Gasteiger partial charge in [-0.3, -0.25) is 0 Å². The fraction of sp³-hybridized carbons (Fsp3) is 0.500. The van der Waals surface area contributed by atoms with E-state index in [0.717, 1.165) is 17.5 Å². The second kappa shape index (κ2) is 4.93. The van der Waals surface area contributed by atoms with E-state index in [4.69, 9.17) is 22.1 Å². The van der Waals surface area contributed by atoms with Crippen LogP contribution >= 0.6 is 11.6 Å². The summed E-state index contributed by atoms with van der Waals surface area (Å²) in [6.07, 6.45) is 3.94. The predicted molar refractivity (Wildman–Crippen MR) is 77.9 cm³/mol. The summed E-state index contributed by atoms with van der Waals surface area (Å²) >= 11 is 6.06. The van der Waals surface area contributed by atoms with Crippen molar-refractivity contribution in [2.45, 2.75) is 25.3 Å². The van der Waals surface area contributed by atoms with Gasteiger partial charge in [-0.1, -0.05) is 11.6 Å². The Labute approximate surface area is 118 Å². The van der Waals surface area contributed by atoms with Crippen molar-refractivity contribution >= 4 is 23.2 Å². The Balaban J connectivity index is 1.61. The Kier molecular flexibility index (Phi) is 3.27. The molecule has 2 aliphatic rings. The average Bonchev–Trinajstić information content (AvgIpc) is 3.22. The molecule has 0 bridgehead atoms. The highest BCUT2D eigenvalue weighted by molar-refractivity contribution is 6.32. The molecule has 0 radical (unpaired) electrons. The third-order valence-electron chi connectivity index (χ3n) is 3.76. The van der Waals surface area contributed by atoms with Crippen molar-refractivity contribution in [1.82, 2.24) is 0 Å². The molecule has 0 aromatic heterocycles. The number of hydrogen-bond acceptors (Lipinski definition) is 2. The molecule has 102 valence electrons. The molecule has 1 aromatic carbocycles. The highest BCUT2D eigenvalue weighted by Gasteiger charge is 2.47. The summed E-state index contributed by atoms with van der Waals surface area (Å²) in [6, 6.07) is 5.89. The molecule has 2 atom stereocenters. The van der Waals surface area contributed by atoms with Gasteiger partial charge in [0.25, 0.3) is 0 Å². The van der Waals surface area contributed by atoms with Crippen LogP contribution in [-0.2, 0) is 0 Å². The van der Waals surface area contributed by atoms with Crippen LogP contribution in [0, 0.1) is 11.8 Å². The molecule has 19 heavy (non-hydrogen) atoms. The first-order valence-electron chi connectivity index (χ1n) is 6.61. The van der Waals surface area contributed by atoms with Gasteiger partial charge in [-0.15, -0.1) is 0 Å². The zero-order chi connectivity index (χ0) is 13.4. The van der Waals surface area contributed by atoms with Crippen molar-refractivity contribution in [2.75, 3.05) is 12.4 Å². The van der Waals surface area contributed by atoms with Gasteiger partial charge in [0, 0.05) is 5.69 Å². The lowest BCUT2D eigenvalue weighted by atomic mass is 10.3. The highest BCUT2D eigenvalue weighted by Crippen LogP contribution is 2.51. The molecule has 1 aromatic rings. The number of anilines is 1. The fourth-order valence-electron chi connectivity index (χ4n) is 2.48. The van der Waals surface area contributed by atoms with Crippen LogP contribution in [0.3, 0.4) is 0 Å². The van der Waals surface area contributed by atoms with E-state index >= 15 is 0 Å². The Morgan fingerprint density at radius 2 is 2.26 bits per heavy atom. The Bertz CT molecular complexity index is 513. The van der Waals surface area contributed by atoms with E-state index in [2.05, 4.69) is 10.3 Å². The Hall–Kier alpha value is -1.42. The van der Waals surface area contributed by atoms with E-state index < -0.39 is 0 Å². The Morgan fingerprint density at radius 1 is 1.47 bits per heavy atom. The number of ether oxygens (including phenoxy) is 1. The van der Waals surface area contributed by atoms with E-state index in [-0.39, 0.29) is 0 Å². The minimum Gasteiger partial charge on any atom is -0.495 e. The van der Waals surface area contributed by atoms with Gasteiger partial charge in [0.2, 0.25) is 0 Å². The van der Waals surface area contributed by atoms with Crippen molar-refractivity contribution in [3.05, 3.63) is 23.2 Å². The van der Waals surface area contributed by atoms with E-state index in [1.165, 1.54) is 19.3 Å². The first kappa shape index (κ1) is 12.6. The van der Waals surface area contributed by atoms with Crippen molar-refractivity contribution in [3.63, 3.8) is 0 Å². The summed E-state index contributed by atoms with van der Waals surface area (Å²) in [5, 5.41) is 3.63. The number of methoxy groups -OCH3 is 1. The molecule has 5 heteroatoms. The van der Waals surface area contributed by atoms with Crippen LogP contribution in [0.4, 0.5) is 5.69 Å². The molecule has 0 amide bonds. The number of guanidine groups is 1.